The van der Waals surface area contributed by atoms with Crippen molar-refractivity contribution < 1.29 is 14.3 Å². The third-order valence-electron chi connectivity index (χ3n) is 5.37. The van der Waals surface area contributed by atoms with Crippen LogP contribution in [0.5, 0.6) is 0 Å². The standard InChI is InChI=1S/C19H24N4O3/c1-26-11-3-9-22-8-2-6-19(18(22)25)7-10-23(14-19)17(24)15-4-5-16(12-20)21-13-15/h4-5,13H,2-3,6-11,14H2,1H3/t19-/m1/s1. The van der Waals surface area contributed by atoms with Gasteiger partial charge in [0, 0.05) is 46.1 Å². The highest BCUT2D eigenvalue weighted by Crippen LogP contribution is 2.40. The molecule has 0 aromatic carbocycles. The van der Waals surface area contributed by atoms with Gasteiger partial charge in [-0.15, -0.1) is 0 Å². The average molecular weight is 356 g/mol. The van der Waals surface area contributed by atoms with Crippen LogP contribution < -0.4 is 0 Å². The first-order chi connectivity index (χ1) is 12.6. The summed E-state index contributed by atoms with van der Waals surface area (Å²) in [7, 11) is 1.66. The second-order valence-corrected chi connectivity index (χ2v) is 7.04. The zero-order valence-electron chi connectivity index (χ0n) is 15.1. The summed E-state index contributed by atoms with van der Waals surface area (Å²) >= 11 is 0. The summed E-state index contributed by atoms with van der Waals surface area (Å²) < 4.78 is 5.08. The molecule has 0 saturated carbocycles. The van der Waals surface area contributed by atoms with Gasteiger partial charge in [0.05, 0.1) is 11.0 Å². The van der Waals surface area contributed by atoms with E-state index >= 15 is 0 Å². The van der Waals surface area contributed by atoms with Crippen LogP contribution in [0, 0.1) is 16.7 Å². The summed E-state index contributed by atoms with van der Waals surface area (Å²) in [5, 5.41) is 8.82. The van der Waals surface area contributed by atoms with E-state index in [4.69, 9.17) is 10.00 Å². The second kappa shape index (κ2) is 7.83. The van der Waals surface area contributed by atoms with Crippen molar-refractivity contribution in [1.82, 2.24) is 14.8 Å². The van der Waals surface area contributed by atoms with E-state index in [0.29, 0.717) is 38.2 Å². The molecule has 1 aromatic heterocycles. The van der Waals surface area contributed by atoms with Crippen LogP contribution in [0.15, 0.2) is 18.3 Å². The van der Waals surface area contributed by atoms with E-state index < -0.39 is 5.41 Å². The maximum atomic E-state index is 13.0. The maximum absolute atomic E-state index is 13.0. The normalized spacial score (nSPS) is 22.7. The molecule has 2 amide bonds. The van der Waals surface area contributed by atoms with Crippen molar-refractivity contribution in [1.29, 1.82) is 5.26 Å². The lowest BCUT2D eigenvalue weighted by Crippen LogP contribution is -2.50. The molecule has 0 aliphatic carbocycles. The summed E-state index contributed by atoms with van der Waals surface area (Å²) in [6.45, 7) is 3.19. The van der Waals surface area contributed by atoms with Crippen molar-refractivity contribution in [2.75, 3.05) is 39.9 Å². The fourth-order valence-electron chi connectivity index (χ4n) is 3.96. The quantitative estimate of drug-likeness (QED) is 0.745. The van der Waals surface area contributed by atoms with E-state index in [2.05, 4.69) is 4.98 Å². The third kappa shape index (κ3) is 3.56. The van der Waals surface area contributed by atoms with Crippen LogP contribution in [-0.4, -0.2) is 66.5 Å². The molecule has 3 heterocycles. The van der Waals surface area contributed by atoms with E-state index in [1.807, 2.05) is 11.0 Å². The van der Waals surface area contributed by atoms with Gasteiger partial charge >= 0.3 is 0 Å². The first-order valence-corrected chi connectivity index (χ1v) is 9.03. The molecule has 2 aliphatic rings. The number of carbonyl (C=O) groups excluding carboxylic acids is 2. The Bertz CT molecular complexity index is 712. The lowest BCUT2D eigenvalue weighted by molar-refractivity contribution is -0.145. The van der Waals surface area contributed by atoms with Gasteiger partial charge in [-0.3, -0.25) is 9.59 Å². The Hall–Kier alpha value is -2.46. The molecule has 2 aliphatic heterocycles. The maximum Gasteiger partial charge on any atom is 0.255 e. The number of nitriles is 1. The number of hydrogen-bond acceptors (Lipinski definition) is 5. The fraction of sp³-hybridized carbons (Fsp3) is 0.579. The molecule has 7 heteroatoms. The number of piperidine rings is 1. The van der Waals surface area contributed by atoms with Crippen molar-refractivity contribution in [2.45, 2.75) is 25.7 Å². The van der Waals surface area contributed by atoms with E-state index in [1.165, 1.54) is 6.20 Å². The molecule has 7 nitrogen and oxygen atoms in total. The Balaban J connectivity index is 1.67. The first-order valence-electron chi connectivity index (χ1n) is 9.03. The largest absolute Gasteiger partial charge is 0.385 e. The van der Waals surface area contributed by atoms with Gasteiger partial charge in [0.15, 0.2) is 0 Å². The van der Waals surface area contributed by atoms with Crippen LogP contribution in [0.2, 0.25) is 0 Å². The number of aromatic nitrogens is 1. The summed E-state index contributed by atoms with van der Waals surface area (Å²) in [6.07, 6.45) is 4.78. The smallest absolute Gasteiger partial charge is 0.255 e. The summed E-state index contributed by atoms with van der Waals surface area (Å²) in [5.41, 5.74) is 0.302. The number of nitrogens with zero attached hydrogens (tertiary/aromatic N) is 4. The Morgan fingerprint density at radius 3 is 2.92 bits per heavy atom. The minimum Gasteiger partial charge on any atom is -0.385 e. The van der Waals surface area contributed by atoms with Gasteiger partial charge in [-0.1, -0.05) is 0 Å². The van der Waals surface area contributed by atoms with Crippen LogP contribution in [0.4, 0.5) is 0 Å². The minimum absolute atomic E-state index is 0.122. The Morgan fingerprint density at radius 1 is 1.38 bits per heavy atom. The molecule has 0 radical (unpaired) electrons. The van der Waals surface area contributed by atoms with E-state index in [9.17, 15) is 9.59 Å². The van der Waals surface area contributed by atoms with Gasteiger partial charge < -0.3 is 14.5 Å². The van der Waals surface area contributed by atoms with Gasteiger partial charge in [-0.25, -0.2) is 4.98 Å². The van der Waals surface area contributed by atoms with Crippen molar-refractivity contribution in [3.05, 3.63) is 29.6 Å². The highest BCUT2D eigenvalue weighted by molar-refractivity contribution is 5.95. The molecule has 0 bridgehead atoms. The van der Waals surface area contributed by atoms with Gasteiger partial charge in [-0.05, 0) is 37.8 Å². The molecule has 0 N–H and O–H groups in total. The molecule has 138 valence electrons. The van der Waals surface area contributed by atoms with Gasteiger partial charge in [0.2, 0.25) is 5.91 Å². The molecular formula is C19H24N4O3. The van der Waals surface area contributed by atoms with Gasteiger partial charge in [0.1, 0.15) is 11.8 Å². The van der Waals surface area contributed by atoms with E-state index in [1.54, 1.807) is 24.1 Å². The van der Waals surface area contributed by atoms with Crippen LogP contribution in [0.1, 0.15) is 41.7 Å². The Kier molecular flexibility index (Phi) is 5.52. The van der Waals surface area contributed by atoms with Gasteiger partial charge in [0.25, 0.3) is 5.91 Å². The molecular weight excluding hydrogens is 332 g/mol. The number of carbonyl (C=O) groups is 2. The number of methoxy groups -OCH3 is 1. The van der Waals surface area contributed by atoms with Crippen LogP contribution >= 0.6 is 0 Å². The third-order valence-corrected chi connectivity index (χ3v) is 5.37. The van der Waals surface area contributed by atoms with E-state index in [-0.39, 0.29) is 17.5 Å². The highest BCUT2D eigenvalue weighted by Gasteiger charge is 2.49. The zero-order chi connectivity index (χ0) is 18.6. The van der Waals surface area contributed by atoms with Crippen LogP contribution in [-0.2, 0) is 9.53 Å². The molecule has 0 unspecified atom stereocenters. The molecule has 2 fully saturated rings. The number of hydrogen-bond donors (Lipinski definition) is 0. The first kappa shape index (κ1) is 18.3. The van der Waals surface area contributed by atoms with Crippen molar-refractivity contribution in [3.63, 3.8) is 0 Å². The predicted octanol–water partition coefficient (Wildman–Crippen LogP) is 1.44. The number of ether oxygens (including phenoxy) is 1. The lowest BCUT2D eigenvalue weighted by Gasteiger charge is -2.39. The minimum atomic E-state index is -0.443. The zero-order valence-corrected chi connectivity index (χ0v) is 15.1. The average Bonchev–Trinajstić information content (AvgIpc) is 3.10. The molecule has 2 saturated heterocycles. The predicted molar refractivity (Wildman–Crippen MR) is 94.2 cm³/mol. The lowest BCUT2D eigenvalue weighted by atomic mass is 9.78. The number of amides is 2. The van der Waals surface area contributed by atoms with Crippen molar-refractivity contribution in [3.8, 4) is 6.07 Å². The Morgan fingerprint density at radius 2 is 2.23 bits per heavy atom. The monoisotopic (exact) mass is 356 g/mol. The molecule has 1 aromatic rings. The summed E-state index contributed by atoms with van der Waals surface area (Å²) in [4.78, 5) is 33.4. The van der Waals surface area contributed by atoms with Gasteiger partial charge in [-0.2, -0.15) is 5.26 Å². The molecule has 1 spiro atoms. The van der Waals surface area contributed by atoms with Crippen LogP contribution in [0.25, 0.3) is 0 Å². The second-order valence-electron chi connectivity index (χ2n) is 7.04. The van der Waals surface area contributed by atoms with E-state index in [0.717, 1.165) is 25.8 Å². The summed E-state index contributed by atoms with van der Waals surface area (Å²) in [6, 6.07) is 5.11. The van der Waals surface area contributed by atoms with Crippen molar-refractivity contribution >= 4 is 11.8 Å². The fourth-order valence-corrected chi connectivity index (χ4v) is 3.96. The summed E-state index contributed by atoms with van der Waals surface area (Å²) in [5.74, 6) is 0.0521. The number of likely N-dealkylation sites (tertiary alicyclic amines) is 2. The topological polar surface area (TPSA) is 86.5 Å². The molecule has 26 heavy (non-hydrogen) atoms. The Labute approximate surface area is 153 Å². The SMILES string of the molecule is COCCCN1CCC[C@]2(CCN(C(=O)c3ccc(C#N)nc3)C2)C1=O. The molecule has 1 atom stereocenters. The molecule has 3 rings (SSSR count). The number of pyridine rings is 1. The highest BCUT2D eigenvalue weighted by atomic mass is 16.5. The van der Waals surface area contributed by atoms with Crippen molar-refractivity contribution in [2.24, 2.45) is 5.41 Å². The number of rotatable bonds is 5. The van der Waals surface area contributed by atoms with Crippen LogP contribution in [0.3, 0.4) is 0 Å².